The van der Waals surface area contributed by atoms with E-state index in [1.165, 1.54) is 0 Å². The van der Waals surface area contributed by atoms with Crippen molar-refractivity contribution in [2.24, 2.45) is 0 Å². The van der Waals surface area contributed by atoms with Crippen LogP contribution in [0.1, 0.15) is 33.1 Å². The number of halogens is 1. The molecule has 2 N–H and O–H groups in total. The molecule has 29 heavy (non-hydrogen) atoms. The van der Waals surface area contributed by atoms with Crippen LogP contribution in [-0.2, 0) is 10.6 Å². The first-order valence-corrected chi connectivity index (χ1v) is 9.39. The standard InChI is InChI=1S/C21H16ClN3O4/c22-9-18-16(19(26)27)10-23-20(24-18)25-21(28)29-11-17-14-7-3-1-5-12(14)13-6-2-4-8-15(13)17/h1-8,10,17H,9,11H2,(H,26,27)(H,23,24,25,28). The number of benzene rings is 2. The molecule has 1 amide bonds. The van der Waals surface area contributed by atoms with Crippen molar-refractivity contribution in [2.45, 2.75) is 11.8 Å². The van der Waals surface area contributed by atoms with Gasteiger partial charge in [0.1, 0.15) is 12.2 Å². The summed E-state index contributed by atoms with van der Waals surface area (Å²) >= 11 is 5.73. The van der Waals surface area contributed by atoms with E-state index in [-0.39, 0.29) is 35.6 Å². The van der Waals surface area contributed by atoms with Gasteiger partial charge in [-0.2, -0.15) is 0 Å². The first-order chi connectivity index (χ1) is 14.1. The third kappa shape index (κ3) is 3.64. The van der Waals surface area contributed by atoms with Crippen molar-refractivity contribution in [3.63, 3.8) is 0 Å². The number of aromatic nitrogens is 2. The van der Waals surface area contributed by atoms with Gasteiger partial charge in [-0.25, -0.2) is 19.6 Å². The minimum atomic E-state index is -1.19. The smallest absolute Gasteiger partial charge is 0.414 e. The molecule has 1 aliphatic carbocycles. The Labute approximate surface area is 171 Å². The van der Waals surface area contributed by atoms with Crippen LogP contribution in [0.3, 0.4) is 0 Å². The number of carbonyl (C=O) groups excluding carboxylic acids is 1. The van der Waals surface area contributed by atoms with Crippen molar-refractivity contribution in [1.29, 1.82) is 0 Å². The number of ether oxygens (including phenoxy) is 1. The Morgan fingerprint density at radius 1 is 1.07 bits per heavy atom. The molecule has 0 spiro atoms. The van der Waals surface area contributed by atoms with Gasteiger partial charge in [0.05, 0.1) is 11.6 Å². The molecule has 0 bridgehead atoms. The van der Waals surface area contributed by atoms with Crippen LogP contribution < -0.4 is 5.32 Å². The summed E-state index contributed by atoms with van der Waals surface area (Å²) in [7, 11) is 0. The van der Waals surface area contributed by atoms with Gasteiger partial charge in [0, 0.05) is 12.1 Å². The van der Waals surface area contributed by atoms with Gasteiger partial charge < -0.3 is 9.84 Å². The largest absolute Gasteiger partial charge is 0.478 e. The number of amides is 1. The predicted octanol–water partition coefficient (Wildman–Crippen LogP) is 4.27. The first kappa shape index (κ1) is 18.9. The number of alkyl halides is 1. The Bertz CT molecular complexity index is 1060. The lowest BCUT2D eigenvalue weighted by Gasteiger charge is -2.14. The second-order valence-electron chi connectivity index (χ2n) is 6.44. The van der Waals surface area contributed by atoms with E-state index in [2.05, 4.69) is 27.4 Å². The zero-order chi connectivity index (χ0) is 20.4. The highest BCUT2D eigenvalue weighted by molar-refractivity contribution is 6.17. The number of aromatic carboxylic acids is 1. The number of hydrogen-bond donors (Lipinski definition) is 2. The fraction of sp³-hybridized carbons (Fsp3) is 0.143. The summed E-state index contributed by atoms with van der Waals surface area (Å²) in [6.07, 6.45) is 0.377. The van der Waals surface area contributed by atoms with Crippen LogP contribution in [0.5, 0.6) is 0 Å². The highest BCUT2D eigenvalue weighted by atomic mass is 35.5. The normalized spacial score (nSPS) is 12.2. The Hall–Kier alpha value is -3.45. The summed E-state index contributed by atoms with van der Waals surface area (Å²) in [6.45, 7) is 0.148. The van der Waals surface area contributed by atoms with Crippen LogP contribution in [0.4, 0.5) is 10.7 Å². The molecule has 2 aromatic carbocycles. The summed E-state index contributed by atoms with van der Waals surface area (Å²) < 4.78 is 5.42. The van der Waals surface area contributed by atoms with Gasteiger partial charge in [0.25, 0.3) is 0 Å². The Kier molecular flexibility index (Phi) is 5.14. The summed E-state index contributed by atoms with van der Waals surface area (Å²) in [4.78, 5) is 31.2. The average molecular weight is 410 g/mol. The second-order valence-corrected chi connectivity index (χ2v) is 6.71. The maximum absolute atomic E-state index is 12.2. The van der Waals surface area contributed by atoms with Crippen molar-refractivity contribution in [3.8, 4) is 11.1 Å². The maximum atomic E-state index is 12.2. The van der Waals surface area contributed by atoms with Gasteiger partial charge in [-0.1, -0.05) is 48.5 Å². The molecular formula is C21H16ClN3O4. The lowest BCUT2D eigenvalue weighted by Crippen LogP contribution is -2.20. The topological polar surface area (TPSA) is 101 Å². The van der Waals surface area contributed by atoms with E-state index in [1.54, 1.807) is 0 Å². The molecule has 0 unspecified atom stereocenters. The molecule has 1 heterocycles. The predicted molar refractivity (Wildman–Crippen MR) is 107 cm³/mol. The fourth-order valence-electron chi connectivity index (χ4n) is 3.48. The molecule has 8 heteroatoms. The molecule has 0 radical (unpaired) electrons. The van der Waals surface area contributed by atoms with Gasteiger partial charge in [0.15, 0.2) is 0 Å². The number of hydrogen-bond acceptors (Lipinski definition) is 5. The first-order valence-electron chi connectivity index (χ1n) is 8.85. The van der Waals surface area contributed by atoms with Crippen LogP contribution in [0, 0.1) is 0 Å². The highest BCUT2D eigenvalue weighted by Crippen LogP contribution is 2.44. The summed E-state index contributed by atoms with van der Waals surface area (Å²) in [6, 6.07) is 16.1. The molecule has 7 nitrogen and oxygen atoms in total. The molecule has 1 aliphatic rings. The van der Waals surface area contributed by atoms with E-state index in [4.69, 9.17) is 21.4 Å². The van der Waals surface area contributed by atoms with Gasteiger partial charge >= 0.3 is 12.1 Å². The molecule has 3 aromatic rings. The van der Waals surface area contributed by atoms with E-state index in [0.717, 1.165) is 28.5 Å². The Morgan fingerprint density at radius 3 is 2.28 bits per heavy atom. The molecular weight excluding hydrogens is 394 g/mol. The number of nitrogens with zero attached hydrogens (tertiary/aromatic N) is 2. The van der Waals surface area contributed by atoms with Crippen LogP contribution in [0.2, 0.25) is 0 Å². The average Bonchev–Trinajstić information content (AvgIpc) is 3.06. The van der Waals surface area contributed by atoms with Crippen LogP contribution >= 0.6 is 11.6 Å². The van der Waals surface area contributed by atoms with E-state index in [0.29, 0.717) is 0 Å². The SMILES string of the molecule is O=C(Nc1ncc(C(=O)O)c(CCl)n1)OCC1c2ccccc2-c2ccccc21. The molecule has 1 aromatic heterocycles. The molecule has 0 aliphatic heterocycles. The zero-order valence-corrected chi connectivity index (χ0v) is 15.9. The number of carbonyl (C=O) groups is 2. The third-order valence-electron chi connectivity index (χ3n) is 4.78. The highest BCUT2D eigenvalue weighted by Gasteiger charge is 2.29. The summed E-state index contributed by atoms with van der Waals surface area (Å²) in [5, 5.41) is 11.5. The van der Waals surface area contributed by atoms with Crippen molar-refractivity contribution in [1.82, 2.24) is 9.97 Å². The number of anilines is 1. The minimum Gasteiger partial charge on any atom is -0.478 e. The van der Waals surface area contributed by atoms with E-state index >= 15 is 0 Å². The maximum Gasteiger partial charge on any atom is 0.414 e. The van der Waals surface area contributed by atoms with E-state index in [9.17, 15) is 9.59 Å². The molecule has 146 valence electrons. The van der Waals surface area contributed by atoms with E-state index < -0.39 is 12.1 Å². The Balaban J connectivity index is 1.47. The van der Waals surface area contributed by atoms with Crippen LogP contribution in [0.15, 0.2) is 54.7 Å². The quantitative estimate of drug-likeness (QED) is 0.610. The second kappa shape index (κ2) is 7.89. The van der Waals surface area contributed by atoms with Crippen molar-refractivity contribution in [2.75, 3.05) is 11.9 Å². The van der Waals surface area contributed by atoms with Gasteiger partial charge in [0.2, 0.25) is 5.95 Å². The molecule has 0 atom stereocenters. The minimum absolute atomic E-state index is 0.0668. The molecule has 0 saturated heterocycles. The van der Waals surface area contributed by atoms with E-state index in [1.807, 2.05) is 36.4 Å². The number of fused-ring (bicyclic) bond motifs is 3. The molecule has 0 fully saturated rings. The van der Waals surface area contributed by atoms with Crippen molar-refractivity contribution >= 4 is 29.6 Å². The third-order valence-corrected chi connectivity index (χ3v) is 5.04. The van der Waals surface area contributed by atoms with Crippen molar-refractivity contribution in [3.05, 3.63) is 77.1 Å². The zero-order valence-electron chi connectivity index (χ0n) is 15.1. The van der Waals surface area contributed by atoms with Crippen LogP contribution in [-0.4, -0.2) is 33.7 Å². The summed E-state index contributed by atoms with van der Waals surface area (Å²) in [5.41, 5.74) is 4.48. The Morgan fingerprint density at radius 2 is 1.69 bits per heavy atom. The molecule has 4 rings (SSSR count). The fourth-order valence-corrected chi connectivity index (χ4v) is 3.69. The monoisotopic (exact) mass is 409 g/mol. The van der Waals surface area contributed by atoms with Gasteiger partial charge in [-0.15, -0.1) is 11.6 Å². The number of rotatable bonds is 5. The number of nitrogens with one attached hydrogen (secondary N) is 1. The summed E-state index contributed by atoms with van der Waals surface area (Å²) in [5.74, 6) is -1.44. The molecule has 0 saturated carbocycles. The lowest BCUT2D eigenvalue weighted by atomic mass is 9.98. The van der Waals surface area contributed by atoms with Gasteiger partial charge in [-0.3, -0.25) is 5.32 Å². The number of carboxylic acids is 1. The van der Waals surface area contributed by atoms with Gasteiger partial charge in [-0.05, 0) is 22.3 Å². The lowest BCUT2D eigenvalue weighted by molar-refractivity contribution is 0.0695. The van der Waals surface area contributed by atoms with Crippen molar-refractivity contribution < 1.29 is 19.4 Å². The number of carboxylic acid groups (broad SMARTS) is 1. The van der Waals surface area contributed by atoms with Crippen LogP contribution in [0.25, 0.3) is 11.1 Å².